The van der Waals surface area contributed by atoms with E-state index in [2.05, 4.69) is 39.4 Å². The van der Waals surface area contributed by atoms with Crippen molar-refractivity contribution in [3.63, 3.8) is 0 Å². The third kappa shape index (κ3) is 1.70. The minimum Gasteiger partial charge on any atom is -0.282 e. The highest BCUT2D eigenvalue weighted by Gasteiger charge is 2.17. The predicted molar refractivity (Wildman–Crippen MR) is 56.3 cm³/mol. The zero-order valence-corrected chi connectivity index (χ0v) is 8.56. The summed E-state index contributed by atoms with van der Waals surface area (Å²) in [6.07, 6.45) is 3.20. The maximum atomic E-state index is 4.28. The average Bonchev–Trinajstić information content (AvgIpc) is 2.54. The molecule has 0 fully saturated rings. The molecule has 1 unspecified atom stereocenters. The standard InChI is InChI=1S/C10H16N4/c1-9(11-2)13-6-3-7-14-10(8-13)4-5-12-14/h4-5,9H,2-3,6-8H2,1H3. The summed E-state index contributed by atoms with van der Waals surface area (Å²) < 4.78 is 2.08. The Labute approximate surface area is 84.2 Å². The van der Waals surface area contributed by atoms with Gasteiger partial charge < -0.3 is 0 Å². The highest BCUT2D eigenvalue weighted by molar-refractivity contribution is 5.23. The van der Waals surface area contributed by atoms with Crippen molar-refractivity contribution in [2.75, 3.05) is 6.54 Å². The fourth-order valence-electron chi connectivity index (χ4n) is 1.84. The highest BCUT2D eigenvalue weighted by atomic mass is 15.3. The first-order valence-corrected chi connectivity index (χ1v) is 5.02. The van der Waals surface area contributed by atoms with Gasteiger partial charge in [0, 0.05) is 25.8 Å². The molecule has 0 spiro atoms. The van der Waals surface area contributed by atoms with Gasteiger partial charge in [-0.25, -0.2) is 0 Å². The van der Waals surface area contributed by atoms with E-state index in [-0.39, 0.29) is 6.17 Å². The van der Waals surface area contributed by atoms with Crippen LogP contribution < -0.4 is 0 Å². The van der Waals surface area contributed by atoms with Crippen molar-refractivity contribution in [2.45, 2.75) is 32.6 Å². The molecule has 0 radical (unpaired) electrons. The largest absolute Gasteiger partial charge is 0.282 e. The van der Waals surface area contributed by atoms with Crippen LogP contribution in [0, 0.1) is 0 Å². The van der Waals surface area contributed by atoms with Gasteiger partial charge in [0.05, 0.1) is 11.9 Å². The molecule has 0 bridgehead atoms. The lowest BCUT2D eigenvalue weighted by Gasteiger charge is -2.23. The summed E-state index contributed by atoms with van der Waals surface area (Å²) in [6.45, 7) is 8.70. The third-order valence-corrected chi connectivity index (χ3v) is 2.78. The van der Waals surface area contributed by atoms with Crippen molar-refractivity contribution in [2.24, 2.45) is 4.99 Å². The molecule has 0 N–H and O–H groups in total. The number of hydrogen-bond acceptors (Lipinski definition) is 3. The fourth-order valence-corrected chi connectivity index (χ4v) is 1.84. The van der Waals surface area contributed by atoms with Crippen molar-refractivity contribution in [3.05, 3.63) is 18.0 Å². The Morgan fingerprint density at radius 2 is 2.43 bits per heavy atom. The molecule has 76 valence electrons. The SMILES string of the molecule is C=NC(C)N1CCCn2nccc2C1. The van der Waals surface area contributed by atoms with Gasteiger partial charge >= 0.3 is 0 Å². The summed E-state index contributed by atoms with van der Waals surface area (Å²) in [5, 5.41) is 4.28. The normalized spacial score (nSPS) is 19.8. The van der Waals surface area contributed by atoms with Gasteiger partial charge in [-0.15, -0.1) is 0 Å². The molecule has 0 aliphatic carbocycles. The fraction of sp³-hybridized carbons (Fsp3) is 0.600. The van der Waals surface area contributed by atoms with Crippen LogP contribution in [0.1, 0.15) is 19.0 Å². The third-order valence-electron chi connectivity index (χ3n) is 2.78. The van der Waals surface area contributed by atoms with Crippen molar-refractivity contribution in [1.29, 1.82) is 0 Å². The topological polar surface area (TPSA) is 33.4 Å². The zero-order valence-electron chi connectivity index (χ0n) is 8.56. The second kappa shape index (κ2) is 3.92. The molecule has 4 heteroatoms. The molecule has 1 aromatic rings. The van der Waals surface area contributed by atoms with E-state index in [0.29, 0.717) is 0 Å². The Balaban J connectivity index is 2.15. The number of fused-ring (bicyclic) bond motifs is 1. The lowest BCUT2D eigenvalue weighted by molar-refractivity contribution is 0.210. The van der Waals surface area contributed by atoms with E-state index in [1.54, 1.807) is 0 Å². The molecule has 4 nitrogen and oxygen atoms in total. The minimum atomic E-state index is 0.205. The van der Waals surface area contributed by atoms with Gasteiger partial charge in [0.2, 0.25) is 0 Å². The Morgan fingerprint density at radius 1 is 1.57 bits per heavy atom. The van der Waals surface area contributed by atoms with Gasteiger partial charge in [-0.3, -0.25) is 14.6 Å². The second-order valence-corrected chi connectivity index (χ2v) is 3.68. The Bertz CT molecular complexity index is 318. The quantitative estimate of drug-likeness (QED) is 0.658. The molecule has 2 heterocycles. The number of nitrogens with zero attached hydrogens (tertiary/aromatic N) is 4. The van der Waals surface area contributed by atoms with Crippen LogP contribution >= 0.6 is 0 Å². The minimum absolute atomic E-state index is 0.205. The Morgan fingerprint density at radius 3 is 3.21 bits per heavy atom. The van der Waals surface area contributed by atoms with E-state index >= 15 is 0 Å². The number of rotatable bonds is 2. The van der Waals surface area contributed by atoms with E-state index in [1.165, 1.54) is 5.69 Å². The monoisotopic (exact) mass is 192 g/mol. The molecule has 0 saturated carbocycles. The van der Waals surface area contributed by atoms with Gasteiger partial charge in [-0.05, 0) is 26.1 Å². The van der Waals surface area contributed by atoms with Crippen molar-refractivity contribution >= 4 is 6.72 Å². The van der Waals surface area contributed by atoms with Gasteiger partial charge in [0.25, 0.3) is 0 Å². The highest BCUT2D eigenvalue weighted by Crippen LogP contribution is 2.13. The van der Waals surface area contributed by atoms with Crippen LogP contribution in [0.15, 0.2) is 17.3 Å². The van der Waals surface area contributed by atoms with Crippen LogP contribution in [-0.2, 0) is 13.1 Å². The summed E-state index contributed by atoms with van der Waals surface area (Å²) in [7, 11) is 0. The van der Waals surface area contributed by atoms with Crippen LogP contribution in [0.2, 0.25) is 0 Å². The van der Waals surface area contributed by atoms with Gasteiger partial charge in [0.1, 0.15) is 0 Å². The molecule has 1 aromatic heterocycles. The maximum Gasteiger partial charge on any atom is 0.0986 e. The van der Waals surface area contributed by atoms with Crippen molar-refractivity contribution in [1.82, 2.24) is 14.7 Å². The summed E-state index contributed by atoms with van der Waals surface area (Å²) in [5.74, 6) is 0. The van der Waals surface area contributed by atoms with E-state index in [4.69, 9.17) is 0 Å². The van der Waals surface area contributed by atoms with E-state index in [0.717, 1.165) is 26.1 Å². The molecule has 0 saturated heterocycles. The van der Waals surface area contributed by atoms with Crippen LogP contribution in [0.25, 0.3) is 0 Å². The summed E-state index contributed by atoms with van der Waals surface area (Å²) in [6, 6.07) is 2.08. The number of aryl methyl sites for hydroxylation is 1. The molecular formula is C10H16N4. The summed E-state index contributed by atoms with van der Waals surface area (Å²) >= 11 is 0. The Hall–Kier alpha value is -1.16. The molecule has 1 atom stereocenters. The number of aliphatic imine (C=N–C) groups is 1. The molecule has 2 rings (SSSR count). The average molecular weight is 192 g/mol. The smallest absolute Gasteiger partial charge is 0.0986 e. The first kappa shape index (κ1) is 9.40. The lowest BCUT2D eigenvalue weighted by Crippen LogP contribution is -2.31. The molecular weight excluding hydrogens is 176 g/mol. The second-order valence-electron chi connectivity index (χ2n) is 3.68. The van der Waals surface area contributed by atoms with Crippen LogP contribution in [0.4, 0.5) is 0 Å². The number of aromatic nitrogens is 2. The van der Waals surface area contributed by atoms with Crippen molar-refractivity contribution in [3.8, 4) is 0 Å². The molecule has 1 aliphatic heterocycles. The van der Waals surface area contributed by atoms with E-state index in [1.807, 2.05) is 6.20 Å². The van der Waals surface area contributed by atoms with Gasteiger partial charge in [-0.1, -0.05) is 0 Å². The molecule has 1 aliphatic rings. The maximum absolute atomic E-state index is 4.28. The van der Waals surface area contributed by atoms with E-state index < -0.39 is 0 Å². The van der Waals surface area contributed by atoms with Crippen LogP contribution in [0.3, 0.4) is 0 Å². The van der Waals surface area contributed by atoms with Crippen LogP contribution in [0.5, 0.6) is 0 Å². The lowest BCUT2D eigenvalue weighted by atomic mass is 10.3. The first-order chi connectivity index (χ1) is 6.81. The first-order valence-electron chi connectivity index (χ1n) is 5.02. The summed E-state index contributed by atoms with van der Waals surface area (Å²) in [4.78, 5) is 6.38. The molecule has 0 aromatic carbocycles. The molecule has 0 amide bonds. The number of hydrogen-bond donors (Lipinski definition) is 0. The van der Waals surface area contributed by atoms with E-state index in [9.17, 15) is 0 Å². The molecule has 14 heavy (non-hydrogen) atoms. The Kier molecular flexibility index (Phi) is 2.63. The predicted octanol–water partition coefficient (Wildman–Crippen LogP) is 1.14. The van der Waals surface area contributed by atoms with Gasteiger partial charge in [-0.2, -0.15) is 5.10 Å². The van der Waals surface area contributed by atoms with Crippen molar-refractivity contribution < 1.29 is 0 Å². The summed E-state index contributed by atoms with van der Waals surface area (Å²) in [5.41, 5.74) is 1.28. The van der Waals surface area contributed by atoms with Gasteiger partial charge in [0.15, 0.2) is 0 Å². The van der Waals surface area contributed by atoms with Crippen LogP contribution in [-0.4, -0.2) is 34.1 Å². The zero-order chi connectivity index (χ0) is 9.97.